The summed E-state index contributed by atoms with van der Waals surface area (Å²) in [6, 6.07) is 4.54. The molecule has 1 aromatic rings. The van der Waals surface area contributed by atoms with Crippen LogP contribution < -0.4 is 5.73 Å². The quantitative estimate of drug-likeness (QED) is 0.838. The molecule has 0 heterocycles. The largest absolute Gasteiger partial charge is 0.323 e. The van der Waals surface area contributed by atoms with Gasteiger partial charge in [-0.25, -0.2) is 4.39 Å². The van der Waals surface area contributed by atoms with Crippen molar-refractivity contribution in [2.45, 2.75) is 6.04 Å². The Morgan fingerprint density at radius 2 is 2.14 bits per heavy atom. The van der Waals surface area contributed by atoms with Crippen LogP contribution in [0.2, 0.25) is 5.02 Å². The van der Waals surface area contributed by atoms with E-state index in [1.54, 1.807) is 12.1 Å². The van der Waals surface area contributed by atoms with Gasteiger partial charge in [0.15, 0.2) is 0 Å². The van der Waals surface area contributed by atoms with Crippen molar-refractivity contribution in [2.24, 2.45) is 5.73 Å². The minimum Gasteiger partial charge on any atom is -0.323 e. The third kappa shape index (κ3) is 2.67. The van der Waals surface area contributed by atoms with Gasteiger partial charge in [-0.05, 0) is 20.2 Å². The van der Waals surface area contributed by atoms with E-state index in [1.165, 1.54) is 6.07 Å². The Kier molecular flexibility index (Phi) is 3.86. The molecule has 4 heteroatoms. The van der Waals surface area contributed by atoms with Crippen LogP contribution in [0.25, 0.3) is 0 Å². The summed E-state index contributed by atoms with van der Waals surface area (Å²) in [4.78, 5) is 1.91. The summed E-state index contributed by atoms with van der Waals surface area (Å²) >= 11 is 5.65. The molecule has 0 bridgehead atoms. The van der Waals surface area contributed by atoms with Crippen LogP contribution >= 0.6 is 11.6 Å². The molecule has 0 aliphatic heterocycles. The molecule has 0 fully saturated rings. The lowest BCUT2D eigenvalue weighted by Crippen LogP contribution is -2.26. The van der Waals surface area contributed by atoms with Crippen LogP contribution in [0, 0.1) is 5.82 Å². The number of hydrogen-bond acceptors (Lipinski definition) is 2. The van der Waals surface area contributed by atoms with Gasteiger partial charge in [0.05, 0.1) is 5.02 Å². The zero-order chi connectivity index (χ0) is 10.7. The number of halogens is 2. The second kappa shape index (κ2) is 4.73. The third-order valence-electron chi connectivity index (χ3n) is 1.94. The normalized spacial score (nSPS) is 13.3. The highest BCUT2D eigenvalue weighted by Gasteiger charge is 2.13. The molecule has 0 amide bonds. The van der Waals surface area contributed by atoms with Gasteiger partial charge in [-0.3, -0.25) is 0 Å². The lowest BCUT2D eigenvalue weighted by molar-refractivity contribution is 0.371. The van der Waals surface area contributed by atoms with Crippen LogP contribution in [-0.2, 0) is 0 Å². The summed E-state index contributed by atoms with van der Waals surface area (Å²) in [5.74, 6) is -0.413. The minimum atomic E-state index is -0.413. The Morgan fingerprint density at radius 1 is 1.50 bits per heavy atom. The molecule has 0 aliphatic rings. The molecule has 2 N–H and O–H groups in total. The van der Waals surface area contributed by atoms with Crippen molar-refractivity contribution in [1.82, 2.24) is 4.90 Å². The first-order valence-corrected chi connectivity index (χ1v) is 4.74. The highest BCUT2D eigenvalue weighted by Crippen LogP contribution is 2.22. The molecule has 1 unspecified atom stereocenters. The molecule has 1 atom stereocenters. The number of benzene rings is 1. The molecule has 14 heavy (non-hydrogen) atoms. The van der Waals surface area contributed by atoms with E-state index < -0.39 is 5.82 Å². The van der Waals surface area contributed by atoms with Gasteiger partial charge >= 0.3 is 0 Å². The first kappa shape index (κ1) is 11.4. The first-order chi connectivity index (χ1) is 6.52. The molecule has 0 aromatic heterocycles. The third-order valence-corrected chi connectivity index (χ3v) is 2.23. The summed E-state index contributed by atoms with van der Waals surface area (Å²) in [6.45, 7) is 0.595. The van der Waals surface area contributed by atoms with Gasteiger partial charge in [-0.1, -0.05) is 23.7 Å². The van der Waals surface area contributed by atoms with E-state index in [4.69, 9.17) is 17.3 Å². The number of likely N-dealkylation sites (N-methyl/N-ethyl adjacent to an activating group) is 1. The van der Waals surface area contributed by atoms with Crippen LogP contribution in [0.4, 0.5) is 4.39 Å². The van der Waals surface area contributed by atoms with E-state index in [0.29, 0.717) is 12.1 Å². The van der Waals surface area contributed by atoms with E-state index in [-0.39, 0.29) is 11.1 Å². The summed E-state index contributed by atoms with van der Waals surface area (Å²) in [7, 11) is 3.78. The standard InChI is InChI=1S/C10H14ClFN2/c1-14(2)6-9(13)7-4-3-5-8(11)10(7)12/h3-5,9H,6,13H2,1-2H3. The molecule has 1 rings (SSSR count). The molecule has 78 valence electrons. The summed E-state index contributed by atoms with van der Waals surface area (Å²) in [5, 5.41) is 0.122. The molecule has 0 radical (unpaired) electrons. The molecule has 0 saturated heterocycles. The maximum absolute atomic E-state index is 13.5. The van der Waals surface area contributed by atoms with Crippen molar-refractivity contribution in [1.29, 1.82) is 0 Å². The van der Waals surface area contributed by atoms with Crippen molar-refractivity contribution in [3.05, 3.63) is 34.6 Å². The fourth-order valence-corrected chi connectivity index (χ4v) is 1.48. The van der Waals surface area contributed by atoms with Crippen molar-refractivity contribution in [3.63, 3.8) is 0 Å². The van der Waals surface area contributed by atoms with Gasteiger partial charge < -0.3 is 10.6 Å². The van der Waals surface area contributed by atoms with Crippen molar-refractivity contribution >= 4 is 11.6 Å². The van der Waals surface area contributed by atoms with Crippen molar-refractivity contribution < 1.29 is 4.39 Å². The number of nitrogens with zero attached hydrogens (tertiary/aromatic N) is 1. The first-order valence-electron chi connectivity index (χ1n) is 4.36. The molecule has 0 spiro atoms. The van der Waals surface area contributed by atoms with Gasteiger partial charge in [0.2, 0.25) is 0 Å². The zero-order valence-electron chi connectivity index (χ0n) is 8.30. The van der Waals surface area contributed by atoms with Gasteiger partial charge in [0.1, 0.15) is 5.82 Å². The monoisotopic (exact) mass is 216 g/mol. The van der Waals surface area contributed by atoms with Crippen LogP contribution in [0.1, 0.15) is 11.6 Å². The Labute approximate surface area is 88.5 Å². The second-order valence-corrected chi connectivity index (χ2v) is 3.92. The fraction of sp³-hybridized carbons (Fsp3) is 0.400. The van der Waals surface area contributed by atoms with E-state index in [1.807, 2.05) is 19.0 Å². The Hall–Kier alpha value is -0.640. The number of hydrogen-bond donors (Lipinski definition) is 1. The fourth-order valence-electron chi connectivity index (χ4n) is 1.30. The van der Waals surface area contributed by atoms with Gasteiger partial charge in [0, 0.05) is 18.2 Å². The summed E-state index contributed by atoms with van der Waals surface area (Å²) in [5.41, 5.74) is 6.29. The van der Waals surface area contributed by atoms with E-state index >= 15 is 0 Å². The molecular weight excluding hydrogens is 203 g/mol. The van der Waals surface area contributed by atoms with E-state index in [2.05, 4.69) is 0 Å². The van der Waals surface area contributed by atoms with Gasteiger partial charge in [-0.15, -0.1) is 0 Å². The highest BCUT2D eigenvalue weighted by atomic mass is 35.5. The predicted molar refractivity (Wildman–Crippen MR) is 56.9 cm³/mol. The van der Waals surface area contributed by atoms with Crippen molar-refractivity contribution in [2.75, 3.05) is 20.6 Å². The van der Waals surface area contributed by atoms with Gasteiger partial charge in [0.25, 0.3) is 0 Å². The molecule has 0 aliphatic carbocycles. The predicted octanol–water partition coefficient (Wildman–Crippen LogP) is 2.04. The second-order valence-electron chi connectivity index (χ2n) is 3.51. The highest BCUT2D eigenvalue weighted by molar-refractivity contribution is 6.30. The Morgan fingerprint density at radius 3 is 2.71 bits per heavy atom. The zero-order valence-corrected chi connectivity index (χ0v) is 9.05. The van der Waals surface area contributed by atoms with E-state index in [0.717, 1.165) is 0 Å². The number of nitrogens with two attached hydrogens (primary N) is 1. The smallest absolute Gasteiger partial charge is 0.146 e. The maximum atomic E-state index is 13.5. The SMILES string of the molecule is CN(C)CC(N)c1cccc(Cl)c1F. The topological polar surface area (TPSA) is 29.3 Å². The maximum Gasteiger partial charge on any atom is 0.146 e. The van der Waals surface area contributed by atoms with Crippen LogP contribution in [-0.4, -0.2) is 25.5 Å². The van der Waals surface area contributed by atoms with Crippen LogP contribution in [0.5, 0.6) is 0 Å². The van der Waals surface area contributed by atoms with Crippen LogP contribution in [0.15, 0.2) is 18.2 Å². The Bertz CT molecular complexity index is 315. The lowest BCUT2D eigenvalue weighted by Gasteiger charge is -2.17. The van der Waals surface area contributed by atoms with Gasteiger partial charge in [-0.2, -0.15) is 0 Å². The average Bonchev–Trinajstić information content (AvgIpc) is 2.08. The van der Waals surface area contributed by atoms with Crippen molar-refractivity contribution in [3.8, 4) is 0 Å². The molecule has 1 aromatic carbocycles. The number of rotatable bonds is 3. The minimum absolute atomic E-state index is 0.122. The molecule has 2 nitrogen and oxygen atoms in total. The Balaban J connectivity index is 2.89. The average molecular weight is 217 g/mol. The molecular formula is C10H14ClFN2. The lowest BCUT2D eigenvalue weighted by atomic mass is 10.1. The van der Waals surface area contributed by atoms with Crippen LogP contribution in [0.3, 0.4) is 0 Å². The van der Waals surface area contributed by atoms with E-state index in [9.17, 15) is 4.39 Å². The molecule has 0 saturated carbocycles. The summed E-state index contributed by atoms with van der Waals surface area (Å²) in [6.07, 6.45) is 0. The summed E-state index contributed by atoms with van der Waals surface area (Å²) < 4.78 is 13.5.